The molecule has 0 aliphatic rings. The van der Waals surface area contributed by atoms with E-state index in [0.717, 1.165) is 0 Å². The lowest BCUT2D eigenvalue weighted by Gasteiger charge is -2.27. The molecule has 1 amide bonds. The second-order valence-electron chi connectivity index (χ2n) is 4.00. The summed E-state index contributed by atoms with van der Waals surface area (Å²) < 4.78 is 0. The highest BCUT2D eigenvalue weighted by molar-refractivity contribution is 5.78. The summed E-state index contributed by atoms with van der Waals surface area (Å²) in [5.74, 6) is 0.124. The summed E-state index contributed by atoms with van der Waals surface area (Å²) >= 11 is 0. The second-order valence-corrected chi connectivity index (χ2v) is 4.00. The molecule has 1 N–H and O–H groups in total. The van der Waals surface area contributed by atoms with E-state index in [0.29, 0.717) is 19.5 Å². The lowest BCUT2D eigenvalue weighted by molar-refractivity contribution is -0.133. The van der Waals surface area contributed by atoms with Crippen LogP contribution in [0.15, 0.2) is 0 Å². The van der Waals surface area contributed by atoms with Crippen LogP contribution in [0.2, 0.25) is 0 Å². The fraction of sp³-hybridized carbons (Fsp3) is 0.900. The minimum absolute atomic E-state index is 0.124. The number of carbonyl (C=O) groups excluding carboxylic acids is 1. The number of amides is 1. The van der Waals surface area contributed by atoms with Crippen LogP contribution in [0, 0.1) is 0 Å². The van der Waals surface area contributed by atoms with Crippen LogP contribution in [-0.2, 0) is 4.79 Å². The van der Waals surface area contributed by atoms with Crippen molar-refractivity contribution < 1.29 is 9.90 Å². The van der Waals surface area contributed by atoms with Crippen molar-refractivity contribution in [1.82, 2.24) is 9.80 Å². The van der Waals surface area contributed by atoms with Crippen molar-refractivity contribution in [3.05, 3.63) is 0 Å². The Morgan fingerprint density at radius 3 is 2.29 bits per heavy atom. The predicted molar refractivity (Wildman–Crippen MR) is 57.1 cm³/mol. The summed E-state index contributed by atoms with van der Waals surface area (Å²) in [6, 6.07) is 0.203. The van der Waals surface area contributed by atoms with E-state index in [1.165, 1.54) is 0 Å². The standard InChI is InChI=1S/C10H22N2O2/c1-9(2)12(6-5-7-13)10(14)8-11(3)4/h9,13H,5-8H2,1-4H3. The quantitative estimate of drug-likeness (QED) is 0.667. The molecule has 4 heteroatoms. The van der Waals surface area contributed by atoms with Gasteiger partial charge in [-0.2, -0.15) is 0 Å². The van der Waals surface area contributed by atoms with Crippen molar-refractivity contribution in [2.75, 3.05) is 33.8 Å². The van der Waals surface area contributed by atoms with Gasteiger partial charge >= 0.3 is 0 Å². The van der Waals surface area contributed by atoms with Crippen LogP contribution in [0.25, 0.3) is 0 Å². The summed E-state index contributed by atoms with van der Waals surface area (Å²) in [6.07, 6.45) is 0.650. The van der Waals surface area contributed by atoms with E-state index in [2.05, 4.69) is 0 Å². The molecule has 0 spiro atoms. The third-order valence-electron chi connectivity index (χ3n) is 1.95. The first kappa shape index (κ1) is 13.4. The lowest BCUT2D eigenvalue weighted by Crippen LogP contribution is -2.42. The first-order valence-electron chi connectivity index (χ1n) is 5.04. The number of aliphatic hydroxyl groups is 1. The fourth-order valence-electron chi connectivity index (χ4n) is 1.27. The van der Waals surface area contributed by atoms with Crippen molar-refractivity contribution in [1.29, 1.82) is 0 Å². The Bertz CT molecular complexity index is 170. The molecule has 0 aromatic carbocycles. The zero-order chi connectivity index (χ0) is 11.1. The van der Waals surface area contributed by atoms with Crippen LogP contribution in [-0.4, -0.2) is 60.6 Å². The van der Waals surface area contributed by atoms with Gasteiger partial charge in [-0.3, -0.25) is 4.79 Å². The summed E-state index contributed by atoms with van der Waals surface area (Å²) in [4.78, 5) is 15.4. The first-order valence-corrected chi connectivity index (χ1v) is 5.04. The molecule has 0 aliphatic heterocycles. The van der Waals surface area contributed by atoms with Gasteiger partial charge < -0.3 is 14.9 Å². The third kappa shape index (κ3) is 5.19. The van der Waals surface area contributed by atoms with Crippen molar-refractivity contribution >= 4 is 5.91 Å². The van der Waals surface area contributed by atoms with Gasteiger partial charge in [0, 0.05) is 19.2 Å². The minimum atomic E-state index is 0.124. The van der Waals surface area contributed by atoms with E-state index in [4.69, 9.17) is 5.11 Å². The van der Waals surface area contributed by atoms with Gasteiger partial charge in [-0.05, 0) is 34.4 Å². The summed E-state index contributed by atoms with van der Waals surface area (Å²) in [5.41, 5.74) is 0. The lowest BCUT2D eigenvalue weighted by atomic mass is 10.2. The Morgan fingerprint density at radius 1 is 1.36 bits per heavy atom. The van der Waals surface area contributed by atoms with Gasteiger partial charge in [0.05, 0.1) is 6.54 Å². The summed E-state index contributed by atoms with van der Waals surface area (Å²) in [7, 11) is 3.75. The van der Waals surface area contributed by atoms with E-state index in [1.807, 2.05) is 32.8 Å². The van der Waals surface area contributed by atoms with Crippen molar-refractivity contribution in [3.63, 3.8) is 0 Å². The number of hydrogen-bond donors (Lipinski definition) is 1. The Kier molecular flexibility index (Phi) is 6.49. The highest BCUT2D eigenvalue weighted by Gasteiger charge is 2.16. The van der Waals surface area contributed by atoms with Crippen LogP contribution < -0.4 is 0 Å². The number of hydrogen-bond acceptors (Lipinski definition) is 3. The molecule has 0 fully saturated rings. The summed E-state index contributed by atoms with van der Waals surface area (Å²) in [5, 5.41) is 8.71. The maximum Gasteiger partial charge on any atom is 0.236 e. The molecule has 4 nitrogen and oxygen atoms in total. The molecule has 0 aromatic heterocycles. The molecule has 14 heavy (non-hydrogen) atoms. The molecule has 0 unspecified atom stereocenters. The first-order chi connectivity index (χ1) is 6.49. The Balaban J connectivity index is 4.11. The van der Waals surface area contributed by atoms with Crippen LogP contribution in [0.5, 0.6) is 0 Å². The molecular weight excluding hydrogens is 180 g/mol. The molecule has 0 saturated carbocycles. The zero-order valence-electron chi connectivity index (χ0n) is 9.66. The van der Waals surface area contributed by atoms with E-state index >= 15 is 0 Å². The van der Waals surface area contributed by atoms with Gasteiger partial charge in [0.2, 0.25) is 5.91 Å². The van der Waals surface area contributed by atoms with Crippen molar-refractivity contribution in [2.45, 2.75) is 26.3 Å². The van der Waals surface area contributed by atoms with Gasteiger partial charge in [-0.1, -0.05) is 0 Å². The monoisotopic (exact) mass is 202 g/mol. The fourth-order valence-corrected chi connectivity index (χ4v) is 1.27. The number of rotatable bonds is 6. The third-order valence-corrected chi connectivity index (χ3v) is 1.95. The van der Waals surface area contributed by atoms with E-state index in [-0.39, 0.29) is 18.6 Å². The van der Waals surface area contributed by atoms with Crippen molar-refractivity contribution in [3.8, 4) is 0 Å². The number of likely N-dealkylation sites (N-methyl/N-ethyl adjacent to an activating group) is 1. The molecule has 0 heterocycles. The molecule has 0 radical (unpaired) electrons. The Morgan fingerprint density at radius 2 is 1.93 bits per heavy atom. The zero-order valence-corrected chi connectivity index (χ0v) is 9.66. The number of carbonyl (C=O) groups is 1. The molecular formula is C10H22N2O2. The number of nitrogens with zero attached hydrogens (tertiary/aromatic N) is 2. The second kappa shape index (κ2) is 6.79. The maximum absolute atomic E-state index is 11.7. The Labute approximate surface area is 86.5 Å². The highest BCUT2D eigenvalue weighted by Crippen LogP contribution is 2.01. The molecule has 0 bridgehead atoms. The van der Waals surface area contributed by atoms with Gasteiger partial charge in [0.1, 0.15) is 0 Å². The normalized spacial score (nSPS) is 11.1. The molecule has 0 rings (SSSR count). The SMILES string of the molecule is CC(C)N(CCCO)C(=O)CN(C)C. The van der Waals surface area contributed by atoms with Gasteiger partial charge in [0.15, 0.2) is 0 Å². The Hall–Kier alpha value is -0.610. The summed E-state index contributed by atoms with van der Waals surface area (Å²) in [6.45, 7) is 5.19. The number of aliphatic hydroxyl groups excluding tert-OH is 1. The predicted octanol–water partition coefficient (Wildman–Crippen LogP) is 0.167. The van der Waals surface area contributed by atoms with Crippen LogP contribution in [0.3, 0.4) is 0 Å². The molecule has 0 aliphatic carbocycles. The van der Waals surface area contributed by atoms with Crippen LogP contribution in [0.4, 0.5) is 0 Å². The van der Waals surface area contributed by atoms with E-state index in [1.54, 1.807) is 4.90 Å². The smallest absolute Gasteiger partial charge is 0.236 e. The maximum atomic E-state index is 11.7. The molecule has 0 saturated heterocycles. The minimum Gasteiger partial charge on any atom is -0.396 e. The van der Waals surface area contributed by atoms with Gasteiger partial charge in [-0.25, -0.2) is 0 Å². The molecule has 84 valence electrons. The van der Waals surface area contributed by atoms with Crippen LogP contribution >= 0.6 is 0 Å². The topological polar surface area (TPSA) is 43.8 Å². The molecule has 0 aromatic rings. The van der Waals surface area contributed by atoms with E-state index in [9.17, 15) is 4.79 Å². The van der Waals surface area contributed by atoms with E-state index < -0.39 is 0 Å². The average Bonchev–Trinajstić information content (AvgIpc) is 2.02. The van der Waals surface area contributed by atoms with Gasteiger partial charge in [-0.15, -0.1) is 0 Å². The van der Waals surface area contributed by atoms with Crippen molar-refractivity contribution in [2.24, 2.45) is 0 Å². The average molecular weight is 202 g/mol. The highest BCUT2D eigenvalue weighted by atomic mass is 16.3. The molecule has 0 atom stereocenters. The van der Waals surface area contributed by atoms with Gasteiger partial charge in [0.25, 0.3) is 0 Å². The van der Waals surface area contributed by atoms with Crippen LogP contribution in [0.1, 0.15) is 20.3 Å². The largest absolute Gasteiger partial charge is 0.396 e.